The predicted octanol–water partition coefficient (Wildman–Crippen LogP) is 8.13. The molecule has 2 aromatic rings. The summed E-state index contributed by atoms with van der Waals surface area (Å²) in [7, 11) is 0. The normalized spacial score (nSPS) is 31.9. The lowest BCUT2D eigenvalue weighted by Crippen LogP contribution is -2.43. The molecule has 4 aliphatic rings. The van der Waals surface area contributed by atoms with Gasteiger partial charge >= 0.3 is 0 Å². The third-order valence-corrected chi connectivity index (χ3v) is 10.0. The minimum absolute atomic E-state index is 0.240. The number of allylic oxidation sites excluding steroid dienone is 2. The third kappa shape index (κ3) is 3.88. The highest BCUT2D eigenvalue weighted by Gasteiger charge is 2.44. The van der Waals surface area contributed by atoms with Crippen LogP contribution in [0.1, 0.15) is 101 Å². The monoisotopic (exact) mass is 458 g/mol. The van der Waals surface area contributed by atoms with E-state index >= 15 is 0 Å². The van der Waals surface area contributed by atoms with Crippen molar-refractivity contribution >= 4 is 0 Å². The average Bonchev–Trinajstić information content (AvgIpc) is 2.79. The summed E-state index contributed by atoms with van der Waals surface area (Å²) in [6.07, 6.45) is 12.6. The molecule has 0 radical (unpaired) electrons. The van der Waals surface area contributed by atoms with Crippen molar-refractivity contribution in [3.63, 3.8) is 0 Å². The highest BCUT2D eigenvalue weighted by Crippen LogP contribution is 2.52. The molecule has 2 N–H and O–H groups in total. The summed E-state index contributed by atoms with van der Waals surface area (Å²) < 4.78 is 0. The lowest BCUT2D eigenvalue weighted by atomic mass is 9.55. The van der Waals surface area contributed by atoms with Crippen LogP contribution >= 0.6 is 0 Å². The van der Waals surface area contributed by atoms with Gasteiger partial charge in [-0.2, -0.15) is 0 Å². The fourth-order valence-corrected chi connectivity index (χ4v) is 8.25. The Labute approximate surface area is 206 Å². The molecule has 1 saturated carbocycles. The number of rotatable bonds is 0. The fourth-order valence-electron chi connectivity index (χ4n) is 8.25. The van der Waals surface area contributed by atoms with Crippen LogP contribution in [0.5, 0.6) is 11.5 Å². The summed E-state index contributed by atoms with van der Waals surface area (Å²) in [5.41, 5.74) is 9.58. The lowest BCUT2D eigenvalue weighted by Gasteiger charge is -2.49. The first kappa shape index (κ1) is 23.5. The van der Waals surface area contributed by atoms with Crippen molar-refractivity contribution in [2.75, 3.05) is 0 Å². The molecular weight excluding hydrogens is 416 g/mol. The van der Waals surface area contributed by atoms with Crippen LogP contribution in [0.3, 0.4) is 0 Å². The summed E-state index contributed by atoms with van der Waals surface area (Å²) in [6.45, 7) is 9.56. The molecule has 0 heterocycles. The number of phenols is 2. The number of aryl methyl sites for hydroxylation is 2. The minimum Gasteiger partial charge on any atom is -0.508 e. The van der Waals surface area contributed by atoms with E-state index in [2.05, 4.69) is 39.8 Å². The Hall–Kier alpha value is -2.22. The topological polar surface area (TPSA) is 40.5 Å². The molecule has 4 unspecified atom stereocenters. The predicted molar refractivity (Wildman–Crippen MR) is 141 cm³/mol. The van der Waals surface area contributed by atoms with E-state index in [1.165, 1.54) is 73.6 Å². The van der Waals surface area contributed by atoms with Gasteiger partial charge in [0.1, 0.15) is 11.5 Å². The molecule has 2 nitrogen and oxygen atoms in total. The molecule has 34 heavy (non-hydrogen) atoms. The van der Waals surface area contributed by atoms with Crippen LogP contribution in [-0.4, -0.2) is 10.2 Å². The van der Waals surface area contributed by atoms with Crippen LogP contribution in [0.15, 0.2) is 47.5 Å². The van der Waals surface area contributed by atoms with Crippen molar-refractivity contribution < 1.29 is 10.2 Å². The molecule has 1 fully saturated rings. The second kappa shape index (κ2) is 8.77. The van der Waals surface area contributed by atoms with Crippen molar-refractivity contribution in [3.05, 3.63) is 69.8 Å². The molecular formula is C32H42O2. The standard InChI is InChI=1S/C16H22O.C16H20O/c2*1-11-4-3-9-16(2)14(11)7-5-12-10-13(17)6-8-15(12)16/h6,8,10-11,14,17H,3-5,7,9H2,1-2H3;6,8,10,17H,3-5,7,9H2,1-2H3. The van der Waals surface area contributed by atoms with Gasteiger partial charge in [-0.25, -0.2) is 0 Å². The first-order valence-corrected chi connectivity index (χ1v) is 13.6. The van der Waals surface area contributed by atoms with Gasteiger partial charge in [-0.15, -0.1) is 0 Å². The summed E-state index contributed by atoms with van der Waals surface area (Å²) in [6, 6.07) is 12.0. The molecule has 0 aromatic heterocycles. The largest absolute Gasteiger partial charge is 0.508 e. The lowest BCUT2D eigenvalue weighted by molar-refractivity contribution is 0.117. The SMILES string of the molecule is CC1=C2CCc3cc(O)ccc3C2(C)CCC1.CC1CCCC2(C)c3ccc(O)cc3CCC12. The van der Waals surface area contributed by atoms with Crippen LogP contribution < -0.4 is 0 Å². The Morgan fingerprint density at radius 2 is 1.44 bits per heavy atom. The second-order valence-electron chi connectivity index (χ2n) is 12.1. The van der Waals surface area contributed by atoms with Gasteiger partial charge in [0.2, 0.25) is 0 Å². The van der Waals surface area contributed by atoms with Gasteiger partial charge in [0, 0.05) is 5.41 Å². The number of hydrogen-bond donors (Lipinski definition) is 2. The number of benzene rings is 2. The van der Waals surface area contributed by atoms with E-state index in [4.69, 9.17) is 0 Å². The van der Waals surface area contributed by atoms with Crippen LogP contribution in [0.2, 0.25) is 0 Å². The number of aromatic hydroxyl groups is 2. The number of hydrogen-bond acceptors (Lipinski definition) is 2. The van der Waals surface area contributed by atoms with E-state index in [0.29, 0.717) is 16.9 Å². The van der Waals surface area contributed by atoms with Crippen LogP contribution in [0, 0.1) is 11.8 Å². The molecule has 0 spiro atoms. The zero-order valence-corrected chi connectivity index (χ0v) is 21.6. The molecule has 0 bridgehead atoms. The van der Waals surface area contributed by atoms with Gasteiger partial charge in [-0.1, -0.05) is 56.9 Å². The molecule has 0 aliphatic heterocycles. The van der Waals surface area contributed by atoms with Gasteiger partial charge in [0.15, 0.2) is 0 Å². The van der Waals surface area contributed by atoms with E-state index < -0.39 is 0 Å². The van der Waals surface area contributed by atoms with E-state index in [0.717, 1.165) is 24.7 Å². The van der Waals surface area contributed by atoms with Crippen molar-refractivity contribution in [2.24, 2.45) is 11.8 Å². The zero-order valence-electron chi connectivity index (χ0n) is 21.6. The van der Waals surface area contributed by atoms with Gasteiger partial charge in [0.05, 0.1) is 0 Å². The number of fused-ring (bicyclic) bond motifs is 6. The first-order valence-electron chi connectivity index (χ1n) is 13.6. The summed E-state index contributed by atoms with van der Waals surface area (Å²) in [4.78, 5) is 0. The van der Waals surface area contributed by atoms with Crippen LogP contribution in [0.25, 0.3) is 0 Å². The van der Waals surface area contributed by atoms with E-state index in [1.54, 1.807) is 11.1 Å². The zero-order chi connectivity index (χ0) is 24.1. The maximum absolute atomic E-state index is 9.62. The maximum Gasteiger partial charge on any atom is 0.115 e. The summed E-state index contributed by atoms with van der Waals surface area (Å²) >= 11 is 0. The first-order chi connectivity index (χ1) is 16.2. The van der Waals surface area contributed by atoms with Crippen molar-refractivity contribution in [2.45, 2.75) is 103 Å². The Kier molecular flexibility index (Phi) is 6.07. The van der Waals surface area contributed by atoms with Crippen molar-refractivity contribution in [3.8, 4) is 11.5 Å². The summed E-state index contributed by atoms with van der Waals surface area (Å²) in [5, 5.41) is 19.2. The maximum atomic E-state index is 9.62. The third-order valence-electron chi connectivity index (χ3n) is 10.0. The van der Waals surface area contributed by atoms with Gasteiger partial charge in [0.25, 0.3) is 0 Å². The second-order valence-corrected chi connectivity index (χ2v) is 12.1. The Balaban J connectivity index is 0.000000142. The summed E-state index contributed by atoms with van der Waals surface area (Å²) in [5.74, 6) is 2.53. The van der Waals surface area contributed by atoms with Crippen molar-refractivity contribution in [1.29, 1.82) is 0 Å². The molecule has 182 valence electrons. The highest BCUT2D eigenvalue weighted by atomic mass is 16.3. The van der Waals surface area contributed by atoms with Crippen LogP contribution in [0.4, 0.5) is 0 Å². The number of phenolic OH excluding ortho intramolecular Hbond substituents is 2. The Morgan fingerprint density at radius 1 is 0.765 bits per heavy atom. The van der Waals surface area contributed by atoms with Crippen LogP contribution in [-0.2, 0) is 23.7 Å². The van der Waals surface area contributed by atoms with Crippen molar-refractivity contribution in [1.82, 2.24) is 0 Å². The Morgan fingerprint density at radius 3 is 2.18 bits per heavy atom. The fraction of sp³-hybridized carbons (Fsp3) is 0.562. The average molecular weight is 459 g/mol. The van der Waals surface area contributed by atoms with Gasteiger partial charge < -0.3 is 10.2 Å². The molecule has 0 saturated heterocycles. The quantitative estimate of drug-likeness (QED) is 0.391. The molecule has 2 heteroatoms. The van der Waals surface area contributed by atoms with Gasteiger partial charge in [-0.05, 0) is 122 Å². The smallest absolute Gasteiger partial charge is 0.115 e. The molecule has 0 amide bonds. The molecule has 4 atom stereocenters. The van der Waals surface area contributed by atoms with E-state index in [9.17, 15) is 10.2 Å². The minimum atomic E-state index is 0.240. The Bertz CT molecular complexity index is 1110. The molecule has 6 rings (SSSR count). The van der Waals surface area contributed by atoms with Gasteiger partial charge in [-0.3, -0.25) is 0 Å². The highest BCUT2D eigenvalue weighted by molar-refractivity contribution is 5.50. The van der Waals surface area contributed by atoms with E-state index in [1.807, 2.05) is 24.3 Å². The van der Waals surface area contributed by atoms with E-state index in [-0.39, 0.29) is 5.41 Å². The molecule has 2 aromatic carbocycles. The molecule has 4 aliphatic carbocycles.